The van der Waals surface area contributed by atoms with Gasteiger partial charge in [0.15, 0.2) is 17.2 Å². The zero-order valence-electron chi connectivity index (χ0n) is 20.9. The monoisotopic (exact) mass is 547 g/mol. The lowest BCUT2D eigenvalue weighted by Crippen LogP contribution is -2.20. The van der Waals surface area contributed by atoms with E-state index in [2.05, 4.69) is 30.9 Å². The zero-order chi connectivity index (χ0) is 27.6. The number of aromatic nitrogens is 3. The standard InChI is InChI=1S/C24H25ClF3N9O/c1-30-19-11-31-16(9-32-19)17(8-29)38-18-10-33-22-21(20(18)25)37(4)23(35-22)34-15-6-13(12-36(2)3)5-14(7-15)24(26,27)28/h5-11,29-31H,12H2,1-4H3,(H,33,34,35)/b17-16+,29-8?. The van der Waals surface area contributed by atoms with Crippen LogP contribution in [0.25, 0.3) is 11.2 Å². The molecule has 0 bridgehead atoms. The smallest absolute Gasteiger partial charge is 0.416 e. The van der Waals surface area contributed by atoms with Gasteiger partial charge >= 0.3 is 6.18 Å². The zero-order valence-corrected chi connectivity index (χ0v) is 21.7. The Morgan fingerprint density at radius 2 is 2.05 bits per heavy atom. The van der Waals surface area contributed by atoms with Crippen molar-refractivity contribution in [2.24, 2.45) is 12.0 Å². The number of benzene rings is 1. The first-order valence-corrected chi connectivity index (χ1v) is 11.6. The summed E-state index contributed by atoms with van der Waals surface area (Å²) in [6.45, 7) is 0.325. The third-order valence-electron chi connectivity index (χ3n) is 5.45. The highest BCUT2D eigenvalue weighted by Gasteiger charge is 2.31. The molecular formula is C24H25ClF3N9O. The fraction of sp³-hybridized carbons (Fsp3) is 0.250. The molecule has 0 atom stereocenters. The van der Waals surface area contributed by atoms with Gasteiger partial charge in [0, 0.05) is 32.5 Å². The molecule has 2 aromatic heterocycles. The molecular weight excluding hydrogens is 523 g/mol. The fourth-order valence-electron chi connectivity index (χ4n) is 3.72. The number of allylic oxidation sites excluding steroid dienone is 2. The first-order chi connectivity index (χ1) is 18.0. The van der Waals surface area contributed by atoms with Crippen molar-refractivity contribution in [1.82, 2.24) is 30.1 Å². The summed E-state index contributed by atoms with van der Waals surface area (Å²) in [6.07, 6.45) is 0.966. The summed E-state index contributed by atoms with van der Waals surface area (Å²) in [4.78, 5) is 14.7. The number of halogens is 4. The molecule has 14 heteroatoms. The fourth-order valence-corrected chi connectivity index (χ4v) is 4.01. The maximum Gasteiger partial charge on any atom is 0.416 e. The van der Waals surface area contributed by atoms with Gasteiger partial charge in [-0.2, -0.15) is 18.2 Å². The molecule has 0 unspecified atom stereocenters. The van der Waals surface area contributed by atoms with E-state index >= 15 is 0 Å². The summed E-state index contributed by atoms with van der Waals surface area (Å²) in [5.74, 6) is 1.13. The molecule has 1 aliphatic rings. The second kappa shape index (κ2) is 10.7. The molecule has 0 saturated heterocycles. The molecule has 1 aromatic carbocycles. The molecule has 3 heterocycles. The number of hydrogen-bond donors (Lipinski definition) is 4. The number of fused-ring (bicyclic) bond motifs is 1. The van der Waals surface area contributed by atoms with Gasteiger partial charge in [0.2, 0.25) is 5.95 Å². The molecule has 200 valence electrons. The summed E-state index contributed by atoms with van der Waals surface area (Å²) >= 11 is 6.63. The Balaban J connectivity index is 1.68. The third-order valence-corrected chi connectivity index (χ3v) is 5.82. The van der Waals surface area contributed by atoms with Crippen LogP contribution in [0.3, 0.4) is 0 Å². The van der Waals surface area contributed by atoms with Crippen LogP contribution in [0.2, 0.25) is 5.02 Å². The Labute approximate surface area is 221 Å². The van der Waals surface area contributed by atoms with Crippen molar-refractivity contribution in [2.75, 3.05) is 26.5 Å². The molecule has 1 aliphatic heterocycles. The molecule has 0 spiro atoms. The van der Waals surface area contributed by atoms with Crippen molar-refractivity contribution in [2.45, 2.75) is 12.7 Å². The van der Waals surface area contributed by atoms with Crippen LogP contribution in [0.15, 0.2) is 52.9 Å². The minimum atomic E-state index is -4.51. The van der Waals surface area contributed by atoms with Crippen LogP contribution >= 0.6 is 11.6 Å². The normalized spacial score (nSPS) is 14.8. The molecule has 4 N–H and O–H groups in total. The van der Waals surface area contributed by atoms with Gasteiger partial charge in [-0.05, 0) is 37.9 Å². The summed E-state index contributed by atoms with van der Waals surface area (Å²) in [6, 6.07) is 3.78. The first-order valence-electron chi connectivity index (χ1n) is 11.2. The molecule has 0 saturated carbocycles. The van der Waals surface area contributed by atoms with E-state index in [0.717, 1.165) is 18.3 Å². The van der Waals surface area contributed by atoms with Crippen LogP contribution in [0.1, 0.15) is 11.1 Å². The quantitative estimate of drug-likeness (QED) is 0.244. The number of rotatable bonds is 8. The highest BCUT2D eigenvalue weighted by atomic mass is 35.5. The number of ether oxygens (including phenoxy) is 1. The number of aryl methyl sites for hydroxylation is 1. The van der Waals surface area contributed by atoms with Gasteiger partial charge in [0.05, 0.1) is 24.2 Å². The average Bonchev–Trinajstić information content (AvgIpc) is 3.18. The van der Waals surface area contributed by atoms with Crippen LogP contribution in [-0.2, 0) is 19.8 Å². The molecule has 0 radical (unpaired) electrons. The molecule has 0 aliphatic carbocycles. The summed E-state index contributed by atoms with van der Waals surface area (Å²) < 4.78 is 48.0. The van der Waals surface area contributed by atoms with Crippen molar-refractivity contribution in [1.29, 1.82) is 5.41 Å². The Hall–Kier alpha value is -4.10. The lowest BCUT2D eigenvalue weighted by molar-refractivity contribution is -0.137. The predicted octanol–water partition coefficient (Wildman–Crippen LogP) is 4.38. The average molecular weight is 548 g/mol. The molecule has 0 amide bonds. The summed E-state index contributed by atoms with van der Waals surface area (Å²) in [5, 5.41) is 16.7. The van der Waals surface area contributed by atoms with E-state index in [1.54, 1.807) is 49.9 Å². The van der Waals surface area contributed by atoms with E-state index in [9.17, 15) is 13.2 Å². The SMILES string of the molecule is CNC1=CN/C(=C(\C=N)Oc2cnc3nc(Nc4cc(CN(C)C)cc(C(F)(F)F)c4)n(C)c3c2Cl)C=N1. The Kier molecular flexibility index (Phi) is 7.60. The van der Waals surface area contributed by atoms with Crippen LogP contribution in [0, 0.1) is 5.41 Å². The van der Waals surface area contributed by atoms with Crippen molar-refractivity contribution in [3.8, 4) is 5.75 Å². The van der Waals surface area contributed by atoms with Gasteiger partial charge in [-0.3, -0.25) is 0 Å². The van der Waals surface area contributed by atoms with Crippen LogP contribution < -0.4 is 20.7 Å². The minimum absolute atomic E-state index is 0.140. The summed E-state index contributed by atoms with van der Waals surface area (Å²) in [5.41, 5.74) is 1.02. The lowest BCUT2D eigenvalue weighted by Gasteiger charge is -2.16. The van der Waals surface area contributed by atoms with Gasteiger partial charge in [-0.1, -0.05) is 11.6 Å². The number of imidazole rings is 1. The van der Waals surface area contributed by atoms with Crippen LogP contribution in [0.5, 0.6) is 5.75 Å². The molecule has 3 aromatic rings. The van der Waals surface area contributed by atoms with E-state index in [4.69, 9.17) is 21.7 Å². The topological polar surface area (TPSA) is 115 Å². The number of anilines is 2. The van der Waals surface area contributed by atoms with E-state index < -0.39 is 11.7 Å². The van der Waals surface area contributed by atoms with E-state index in [-0.39, 0.29) is 33.8 Å². The molecule has 38 heavy (non-hydrogen) atoms. The summed E-state index contributed by atoms with van der Waals surface area (Å²) in [7, 11) is 6.93. The van der Waals surface area contributed by atoms with E-state index in [1.165, 1.54) is 12.4 Å². The molecule has 10 nitrogen and oxygen atoms in total. The van der Waals surface area contributed by atoms with Crippen molar-refractivity contribution < 1.29 is 17.9 Å². The third kappa shape index (κ3) is 5.73. The minimum Gasteiger partial charge on any atom is -0.450 e. The van der Waals surface area contributed by atoms with Gasteiger partial charge in [0.25, 0.3) is 0 Å². The van der Waals surface area contributed by atoms with Crippen LogP contribution in [-0.4, -0.2) is 53.0 Å². The van der Waals surface area contributed by atoms with E-state index in [0.29, 0.717) is 29.1 Å². The Bertz CT molecular complexity index is 1480. The highest BCUT2D eigenvalue weighted by molar-refractivity contribution is 6.36. The second-order valence-electron chi connectivity index (χ2n) is 8.59. The maximum absolute atomic E-state index is 13.5. The highest BCUT2D eigenvalue weighted by Crippen LogP contribution is 2.36. The Morgan fingerprint density at radius 3 is 2.66 bits per heavy atom. The predicted molar refractivity (Wildman–Crippen MR) is 141 cm³/mol. The number of pyridine rings is 1. The van der Waals surface area contributed by atoms with E-state index in [1.807, 2.05) is 0 Å². The number of alkyl halides is 3. The van der Waals surface area contributed by atoms with Crippen molar-refractivity contribution >= 4 is 46.8 Å². The lowest BCUT2D eigenvalue weighted by atomic mass is 10.1. The van der Waals surface area contributed by atoms with Gasteiger partial charge in [-0.15, -0.1) is 0 Å². The van der Waals surface area contributed by atoms with Crippen molar-refractivity contribution in [3.63, 3.8) is 0 Å². The van der Waals surface area contributed by atoms with Crippen molar-refractivity contribution in [3.05, 3.63) is 64.0 Å². The van der Waals surface area contributed by atoms with Gasteiger partial charge < -0.3 is 35.6 Å². The maximum atomic E-state index is 13.5. The number of nitrogens with zero attached hydrogens (tertiary/aromatic N) is 5. The largest absolute Gasteiger partial charge is 0.450 e. The molecule has 0 fully saturated rings. The van der Waals surface area contributed by atoms with Crippen LogP contribution in [0.4, 0.5) is 24.8 Å². The second-order valence-corrected chi connectivity index (χ2v) is 8.97. The Morgan fingerprint density at radius 1 is 1.29 bits per heavy atom. The molecule has 4 rings (SSSR count). The van der Waals surface area contributed by atoms with Gasteiger partial charge in [-0.25, -0.2) is 9.98 Å². The number of aliphatic imine (C=N–C) groups is 1. The van der Waals surface area contributed by atoms with Gasteiger partial charge in [0.1, 0.15) is 22.1 Å². The number of nitrogens with one attached hydrogen (secondary N) is 4. The number of hydrogen-bond acceptors (Lipinski definition) is 9. The first kappa shape index (κ1) is 26.9.